The molecule has 0 fully saturated rings. The fourth-order valence-corrected chi connectivity index (χ4v) is 3.71. The number of nitrogens with zero attached hydrogens (tertiary/aromatic N) is 2. The molecule has 0 radical (unpaired) electrons. The Morgan fingerprint density at radius 1 is 1.20 bits per heavy atom. The van der Waals surface area contributed by atoms with Crippen LogP contribution in [0.3, 0.4) is 0 Å². The summed E-state index contributed by atoms with van der Waals surface area (Å²) >= 11 is 8.07. The number of rotatable bonds is 8. The molecule has 142 valence electrons. The Morgan fingerprint density at radius 2 is 1.92 bits per heavy atom. The molecule has 0 aliphatic carbocycles. The summed E-state index contributed by atoms with van der Waals surface area (Å²) in [7, 11) is 0. The smallest absolute Gasteiger partial charge is 0.0945 e. The average molecular weight is 425 g/mol. The van der Waals surface area contributed by atoms with E-state index in [1.54, 1.807) is 0 Å². The van der Waals surface area contributed by atoms with Crippen LogP contribution in [-0.4, -0.2) is 27.4 Å². The van der Waals surface area contributed by atoms with Crippen LogP contribution >= 0.6 is 48.2 Å². The molecule has 0 aliphatic rings. The highest BCUT2D eigenvalue weighted by Gasteiger charge is 2.17. The Bertz CT molecular complexity index is 631. The third-order valence-corrected chi connectivity index (χ3v) is 5.82. The molecule has 1 aromatic heterocycles. The summed E-state index contributed by atoms with van der Waals surface area (Å²) < 4.78 is 2.11. The highest BCUT2D eigenvalue weighted by Crippen LogP contribution is 2.30. The molecule has 0 atom stereocenters. The Kier molecular flexibility index (Phi) is 11.2. The maximum Gasteiger partial charge on any atom is 0.0945 e. The summed E-state index contributed by atoms with van der Waals surface area (Å²) in [6, 6.07) is 4.25. The molecule has 0 amide bonds. The average Bonchev–Trinajstić information content (AvgIpc) is 2.99. The summed E-state index contributed by atoms with van der Waals surface area (Å²) in [6.07, 6.45) is 6.80. The third-order valence-electron chi connectivity index (χ3n) is 3.80. The van der Waals surface area contributed by atoms with Gasteiger partial charge in [0, 0.05) is 40.1 Å². The lowest BCUT2D eigenvalue weighted by atomic mass is 10.1. The van der Waals surface area contributed by atoms with Gasteiger partial charge in [0.05, 0.1) is 6.33 Å². The summed E-state index contributed by atoms with van der Waals surface area (Å²) in [5, 5.41) is 4.51. The van der Waals surface area contributed by atoms with Gasteiger partial charge in [-0.05, 0) is 63.9 Å². The first-order valence-corrected chi connectivity index (χ1v) is 9.34. The fraction of sp³-hybridized carbons (Fsp3) is 0.500. The molecule has 0 saturated heterocycles. The molecule has 1 heterocycles. The standard InChI is InChI=1S/C18H26ClN3S.2ClH/c1-14-11-17(15(2)10-16(14)19)23-12-18(3,4)21-6-5-8-22-9-7-20-13-22;;/h7,9-11,13,21H,5-6,8,12H2,1-4H3;2*1H. The molecular formula is C18H28Cl3N3S. The fourth-order valence-electron chi connectivity index (χ4n) is 2.33. The summed E-state index contributed by atoms with van der Waals surface area (Å²) in [6.45, 7) is 10.7. The van der Waals surface area contributed by atoms with Crippen molar-refractivity contribution in [3.05, 3.63) is 47.0 Å². The molecule has 0 bridgehead atoms. The molecule has 25 heavy (non-hydrogen) atoms. The first kappa shape index (κ1) is 24.6. The van der Waals surface area contributed by atoms with Gasteiger partial charge < -0.3 is 9.88 Å². The van der Waals surface area contributed by atoms with Crippen molar-refractivity contribution in [3.8, 4) is 0 Å². The van der Waals surface area contributed by atoms with Crippen LogP contribution in [0.1, 0.15) is 31.4 Å². The van der Waals surface area contributed by atoms with Crippen molar-refractivity contribution in [1.82, 2.24) is 14.9 Å². The van der Waals surface area contributed by atoms with Crippen LogP contribution in [0.15, 0.2) is 35.7 Å². The zero-order valence-electron chi connectivity index (χ0n) is 15.2. The second kappa shape index (κ2) is 11.3. The van der Waals surface area contributed by atoms with Gasteiger partial charge in [-0.1, -0.05) is 11.6 Å². The van der Waals surface area contributed by atoms with Gasteiger partial charge in [0.1, 0.15) is 0 Å². The molecule has 0 spiro atoms. The van der Waals surface area contributed by atoms with Crippen LogP contribution in [0.4, 0.5) is 0 Å². The van der Waals surface area contributed by atoms with E-state index < -0.39 is 0 Å². The Morgan fingerprint density at radius 3 is 2.56 bits per heavy atom. The summed E-state index contributed by atoms with van der Waals surface area (Å²) in [4.78, 5) is 5.38. The first-order chi connectivity index (χ1) is 10.9. The van der Waals surface area contributed by atoms with Crippen molar-refractivity contribution in [2.24, 2.45) is 0 Å². The predicted molar refractivity (Wildman–Crippen MR) is 115 cm³/mol. The predicted octanol–water partition coefficient (Wildman–Crippen LogP) is 5.55. The lowest BCUT2D eigenvalue weighted by Crippen LogP contribution is -2.42. The largest absolute Gasteiger partial charge is 0.337 e. The van der Waals surface area contributed by atoms with Gasteiger partial charge in [-0.2, -0.15) is 0 Å². The Hall–Kier alpha value is -0.390. The van der Waals surface area contributed by atoms with Crippen LogP contribution in [-0.2, 0) is 6.54 Å². The van der Waals surface area contributed by atoms with E-state index in [9.17, 15) is 0 Å². The van der Waals surface area contributed by atoms with E-state index in [0.717, 1.165) is 35.8 Å². The Labute approximate surface area is 173 Å². The van der Waals surface area contributed by atoms with E-state index in [4.69, 9.17) is 11.6 Å². The second-order valence-corrected chi connectivity index (χ2v) is 8.04. The SMILES string of the molecule is Cc1cc(SCC(C)(C)NCCCn2ccnc2)c(C)cc1Cl.Cl.Cl. The van der Waals surface area contributed by atoms with Gasteiger partial charge in [0.2, 0.25) is 0 Å². The number of halogens is 3. The maximum absolute atomic E-state index is 6.17. The molecule has 2 rings (SSSR count). The molecule has 0 saturated carbocycles. The van der Waals surface area contributed by atoms with E-state index >= 15 is 0 Å². The van der Waals surface area contributed by atoms with E-state index in [2.05, 4.69) is 54.7 Å². The number of aromatic nitrogens is 2. The van der Waals surface area contributed by atoms with Gasteiger partial charge in [-0.15, -0.1) is 36.6 Å². The Balaban J connectivity index is 0.00000288. The lowest BCUT2D eigenvalue weighted by Gasteiger charge is -2.26. The molecule has 3 nitrogen and oxygen atoms in total. The minimum absolute atomic E-state index is 0. The van der Waals surface area contributed by atoms with E-state index in [0.29, 0.717) is 0 Å². The van der Waals surface area contributed by atoms with Crippen LogP contribution in [0, 0.1) is 13.8 Å². The van der Waals surface area contributed by atoms with Crippen molar-refractivity contribution in [3.63, 3.8) is 0 Å². The second-order valence-electron chi connectivity index (χ2n) is 6.62. The minimum atomic E-state index is 0. The number of aryl methyl sites for hydroxylation is 3. The number of nitrogens with one attached hydrogen (secondary N) is 1. The third kappa shape index (κ3) is 8.23. The van der Waals surface area contributed by atoms with Crippen molar-refractivity contribution in [1.29, 1.82) is 0 Å². The molecule has 2 aromatic rings. The number of hydrogen-bond acceptors (Lipinski definition) is 3. The minimum Gasteiger partial charge on any atom is -0.337 e. The van der Waals surface area contributed by atoms with Crippen molar-refractivity contribution in [2.75, 3.05) is 12.3 Å². The molecule has 1 aromatic carbocycles. The van der Waals surface area contributed by atoms with E-state index in [1.807, 2.05) is 30.5 Å². The normalized spacial score (nSPS) is 10.9. The van der Waals surface area contributed by atoms with Gasteiger partial charge in [0.15, 0.2) is 0 Å². The quantitative estimate of drug-likeness (QED) is 0.445. The van der Waals surface area contributed by atoms with Crippen molar-refractivity contribution < 1.29 is 0 Å². The van der Waals surface area contributed by atoms with Crippen LogP contribution in [0.25, 0.3) is 0 Å². The molecule has 0 aliphatic heterocycles. The monoisotopic (exact) mass is 423 g/mol. The number of imidazole rings is 1. The van der Waals surface area contributed by atoms with Gasteiger partial charge >= 0.3 is 0 Å². The molecule has 1 N–H and O–H groups in total. The maximum atomic E-state index is 6.17. The first-order valence-electron chi connectivity index (χ1n) is 7.98. The number of benzene rings is 1. The molecular weight excluding hydrogens is 397 g/mol. The zero-order valence-corrected chi connectivity index (χ0v) is 18.4. The number of hydrogen-bond donors (Lipinski definition) is 1. The van der Waals surface area contributed by atoms with Crippen LogP contribution in [0.5, 0.6) is 0 Å². The van der Waals surface area contributed by atoms with Crippen LogP contribution < -0.4 is 5.32 Å². The molecule has 0 unspecified atom stereocenters. The zero-order chi connectivity index (χ0) is 16.9. The van der Waals surface area contributed by atoms with Gasteiger partial charge in [-0.25, -0.2) is 4.98 Å². The van der Waals surface area contributed by atoms with E-state index in [1.165, 1.54) is 10.5 Å². The van der Waals surface area contributed by atoms with E-state index in [-0.39, 0.29) is 30.4 Å². The lowest BCUT2D eigenvalue weighted by molar-refractivity contribution is 0.420. The van der Waals surface area contributed by atoms with Crippen LogP contribution in [0.2, 0.25) is 5.02 Å². The van der Waals surface area contributed by atoms with Crippen molar-refractivity contribution >= 4 is 48.2 Å². The highest BCUT2D eigenvalue weighted by atomic mass is 35.5. The topological polar surface area (TPSA) is 29.9 Å². The van der Waals surface area contributed by atoms with Crippen molar-refractivity contribution in [2.45, 2.75) is 51.1 Å². The highest BCUT2D eigenvalue weighted by molar-refractivity contribution is 7.99. The van der Waals surface area contributed by atoms with Gasteiger partial charge in [-0.3, -0.25) is 0 Å². The number of thioether (sulfide) groups is 1. The summed E-state index contributed by atoms with van der Waals surface area (Å²) in [5.41, 5.74) is 2.49. The summed E-state index contributed by atoms with van der Waals surface area (Å²) in [5.74, 6) is 1.03. The molecule has 7 heteroatoms. The van der Waals surface area contributed by atoms with Gasteiger partial charge in [0.25, 0.3) is 0 Å².